The number of hydrogen-bond acceptors (Lipinski definition) is 6. The largest absolute Gasteiger partial charge is 0.494 e. The van der Waals surface area contributed by atoms with Gasteiger partial charge in [-0.25, -0.2) is 4.68 Å². The number of amides is 2. The van der Waals surface area contributed by atoms with Gasteiger partial charge in [-0.05, 0) is 69.7 Å². The zero-order valence-electron chi connectivity index (χ0n) is 21.6. The van der Waals surface area contributed by atoms with Gasteiger partial charge in [-0.3, -0.25) is 19.5 Å². The number of ether oxygens (including phenoxy) is 1. The number of anilines is 1. The van der Waals surface area contributed by atoms with E-state index in [1.165, 1.54) is 4.90 Å². The second-order valence-corrected chi connectivity index (χ2v) is 9.34. The first kappa shape index (κ1) is 25.8. The topological polar surface area (TPSA) is 102 Å². The number of fused-ring (bicyclic) bond motifs is 1. The van der Waals surface area contributed by atoms with Crippen LogP contribution >= 0.6 is 0 Å². The minimum atomic E-state index is -0.959. The van der Waals surface area contributed by atoms with E-state index in [1.807, 2.05) is 52.0 Å². The van der Waals surface area contributed by atoms with Crippen LogP contribution in [0.25, 0.3) is 11.0 Å². The number of carbonyl (C=O) groups is 2. The average Bonchev–Trinajstić information content (AvgIpc) is 3.31. The van der Waals surface area contributed by atoms with Crippen molar-refractivity contribution in [3.8, 4) is 5.75 Å². The molecule has 0 spiro atoms. The molecule has 2 aromatic heterocycles. The van der Waals surface area contributed by atoms with Gasteiger partial charge in [0.25, 0.3) is 0 Å². The van der Waals surface area contributed by atoms with Gasteiger partial charge < -0.3 is 10.1 Å². The Bertz CT molecular complexity index is 1350. The first-order valence-corrected chi connectivity index (χ1v) is 12.4. The molecular formula is C28H32N6O3. The summed E-state index contributed by atoms with van der Waals surface area (Å²) in [5.74, 6) is 0.0547. The highest BCUT2D eigenvalue weighted by atomic mass is 16.5. The Hall–Kier alpha value is -4.27. The molecule has 1 N–H and O–H groups in total. The van der Waals surface area contributed by atoms with Crippen LogP contribution in [0.4, 0.5) is 5.69 Å². The predicted molar refractivity (Wildman–Crippen MR) is 142 cm³/mol. The molecule has 0 aliphatic heterocycles. The van der Waals surface area contributed by atoms with Gasteiger partial charge in [0.2, 0.25) is 11.8 Å². The molecule has 0 aliphatic carbocycles. The lowest BCUT2D eigenvalue weighted by Gasteiger charge is -2.34. The summed E-state index contributed by atoms with van der Waals surface area (Å²) in [7, 11) is 0. The summed E-state index contributed by atoms with van der Waals surface area (Å²) >= 11 is 0. The van der Waals surface area contributed by atoms with Gasteiger partial charge in [0.15, 0.2) is 0 Å². The molecule has 2 amide bonds. The molecule has 0 unspecified atom stereocenters. The normalized spacial score (nSPS) is 12.2. The molecule has 2 heterocycles. The first-order valence-electron chi connectivity index (χ1n) is 12.4. The molecule has 4 aromatic rings. The minimum Gasteiger partial charge on any atom is -0.494 e. The summed E-state index contributed by atoms with van der Waals surface area (Å²) in [4.78, 5) is 33.6. The summed E-state index contributed by atoms with van der Waals surface area (Å²) in [6, 6.07) is 17.2. The first-order chi connectivity index (χ1) is 17.8. The molecule has 0 radical (unpaired) electrons. The number of aromatic nitrogens is 4. The van der Waals surface area contributed by atoms with Crippen LogP contribution < -0.4 is 15.0 Å². The fourth-order valence-electron chi connectivity index (χ4n) is 3.99. The van der Waals surface area contributed by atoms with Crippen LogP contribution in [0, 0.1) is 0 Å². The predicted octanol–water partition coefficient (Wildman–Crippen LogP) is 4.30. The molecule has 192 valence electrons. The maximum atomic E-state index is 14.0. The number of benzene rings is 2. The second kappa shape index (κ2) is 11.2. The summed E-state index contributed by atoms with van der Waals surface area (Å²) in [6.07, 6.45) is 3.97. The van der Waals surface area contributed by atoms with E-state index in [2.05, 4.69) is 20.6 Å². The third-order valence-electron chi connectivity index (χ3n) is 6.25. The minimum absolute atomic E-state index is 0.102. The molecule has 2 aromatic carbocycles. The summed E-state index contributed by atoms with van der Waals surface area (Å²) in [5, 5.41) is 11.5. The lowest BCUT2D eigenvalue weighted by Crippen LogP contribution is -2.51. The number of carbonyl (C=O) groups excluding carboxylic acids is 2. The highest BCUT2D eigenvalue weighted by molar-refractivity contribution is 6.01. The Morgan fingerprint density at radius 2 is 1.81 bits per heavy atom. The van der Waals surface area contributed by atoms with Crippen LogP contribution in [0.5, 0.6) is 5.75 Å². The van der Waals surface area contributed by atoms with Gasteiger partial charge in [0, 0.05) is 29.2 Å². The van der Waals surface area contributed by atoms with Gasteiger partial charge in [0.05, 0.1) is 12.1 Å². The van der Waals surface area contributed by atoms with Crippen LogP contribution in [0.15, 0.2) is 73.1 Å². The SMILES string of the molecule is CCOc1ccc(N(C(=O)Cn2nnc3ccccc32)[C@@H](C(=O)NC(C)(C)CC)c2cccnc2)cc1. The maximum absolute atomic E-state index is 14.0. The van der Waals surface area contributed by atoms with Crippen LogP contribution in [0.1, 0.15) is 45.7 Å². The smallest absolute Gasteiger partial charge is 0.249 e. The molecule has 1 atom stereocenters. The van der Waals surface area contributed by atoms with Crippen LogP contribution in [-0.4, -0.2) is 43.9 Å². The van der Waals surface area contributed by atoms with Crippen molar-refractivity contribution >= 4 is 28.5 Å². The molecule has 37 heavy (non-hydrogen) atoms. The zero-order valence-corrected chi connectivity index (χ0v) is 21.6. The molecule has 0 fully saturated rings. The van der Waals surface area contributed by atoms with Gasteiger partial charge >= 0.3 is 0 Å². The highest BCUT2D eigenvalue weighted by Crippen LogP contribution is 2.30. The number of rotatable bonds is 10. The molecular weight excluding hydrogens is 468 g/mol. The molecule has 0 aliphatic rings. The van der Waals surface area contributed by atoms with E-state index in [4.69, 9.17) is 4.74 Å². The Kier molecular flexibility index (Phi) is 7.81. The standard InChI is InChI=1S/C28H32N6O3/c1-5-28(3,4)30-27(36)26(20-10-9-17-29-18-20)34(21-13-15-22(16-14-21)37-6-2)25(35)19-33-24-12-8-7-11-23(24)31-32-33/h7-18,26H,5-6,19H2,1-4H3,(H,30,36)/t26-/m1/s1. The van der Waals surface area contributed by atoms with Crippen molar-refractivity contribution in [1.29, 1.82) is 0 Å². The quantitative estimate of drug-likeness (QED) is 0.348. The van der Waals surface area contributed by atoms with Crippen LogP contribution in [0.3, 0.4) is 0 Å². The number of nitrogens with one attached hydrogen (secondary N) is 1. The summed E-state index contributed by atoms with van der Waals surface area (Å²) in [5.41, 5.74) is 2.10. The van der Waals surface area contributed by atoms with E-state index in [0.29, 0.717) is 29.1 Å². The second-order valence-electron chi connectivity index (χ2n) is 9.34. The number of hydrogen-bond donors (Lipinski definition) is 1. The lowest BCUT2D eigenvalue weighted by atomic mass is 9.99. The van der Waals surface area contributed by atoms with Crippen molar-refractivity contribution in [3.05, 3.63) is 78.6 Å². The van der Waals surface area contributed by atoms with Crippen LogP contribution in [-0.2, 0) is 16.1 Å². The third kappa shape index (κ3) is 5.94. The summed E-state index contributed by atoms with van der Waals surface area (Å²) in [6.45, 7) is 8.24. The van der Waals surface area contributed by atoms with Gasteiger partial charge in [0.1, 0.15) is 23.9 Å². The highest BCUT2D eigenvalue weighted by Gasteiger charge is 2.35. The van der Waals surface area contributed by atoms with Crippen molar-refractivity contribution in [2.24, 2.45) is 0 Å². The maximum Gasteiger partial charge on any atom is 0.249 e. The van der Waals surface area contributed by atoms with Gasteiger partial charge in [-0.1, -0.05) is 30.3 Å². The molecule has 0 saturated heterocycles. The Balaban J connectivity index is 1.79. The van der Waals surface area contributed by atoms with Crippen molar-refractivity contribution in [2.45, 2.75) is 52.2 Å². The average molecular weight is 501 g/mol. The molecule has 4 rings (SSSR count). The summed E-state index contributed by atoms with van der Waals surface area (Å²) < 4.78 is 7.14. The number of nitrogens with zero attached hydrogens (tertiary/aromatic N) is 5. The van der Waals surface area contributed by atoms with Crippen molar-refractivity contribution < 1.29 is 14.3 Å². The Labute approximate surface area is 216 Å². The fraction of sp³-hybridized carbons (Fsp3) is 0.321. The van der Waals surface area contributed by atoms with Gasteiger partial charge in [-0.15, -0.1) is 5.10 Å². The lowest BCUT2D eigenvalue weighted by molar-refractivity contribution is -0.128. The van der Waals surface area contributed by atoms with E-state index >= 15 is 0 Å². The fourth-order valence-corrected chi connectivity index (χ4v) is 3.99. The van der Waals surface area contributed by atoms with Crippen molar-refractivity contribution in [2.75, 3.05) is 11.5 Å². The van der Waals surface area contributed by atoms with Gasteiger partial charge in [-0.2, -0.15) is 0 Å². The van der Waals surface area contributed by atoms with E-state index in [0.717, 1.165) is 11.9 Å². The van der Waals surface area contributed by atoms with Crippen molar-refractivity contribution in [1.82, 2.24) is 25.3 Å². The molecule has 0 saturated carbocycles. The van der Waals surface area contributed by atoms with Crippen LogP contribution in [0.2, 0.25) is 0 Å². The van der Waals surface area contributed by atoms with E-state index in [9.17, 15) is 9.59 Å². The monoisotopic (exact) mass is 500 g/mol. The molecule has 9 nitrogen and oxygen atoms in total. The van der Waals surface area contributed by atoms with E-state index in [1.54, 1.807) is 53.5 Å². The third-order valence-corrected chi connectivity index (χ3v) is 6.25. The molecule has 0 bridgehead atoms. The number of pyridine rings is 1. The van der Waals surface area contributed by atoms with E-state index < -0.39 is 11.6 Å². The zero-order chi connectivity index (χ0) is 26.4. The molecule has 9 heteroatoms. The Morgan fingerprint density at radius 1 is 1.05 bits per heavy atom. The number of para-hydroxylation sites is 1. The Morgan fingerprint density at radius 3 is 2.49 bits per heavy atom. The van der Waals surface area contributed by atoms with E-state index in [-0.39, 0.29) is 18.4 Å². The van der Waals surface area contributed by atoms with Crippen molar-refractivity contribution in [3.63, 3.8) is 0 Å².